The zero-order chi connectivity index (χ0) is 19.3. The molecule has 1 amide bonds. The van der Waals surface area contributed by atoms with Crippen molar-refractivity contribution in [2.24, 2.45) is 0 Å². The zero-order valence-electron chi connectivity index (χ0n) is 15.7. The van der Waals surface area contributed by atoms with E-state index in [1.807, 2.05) is 24.3 Å². The van der Waals surface area contributed by atoms with Crippen LogP contribution in [-0.4, -0.2) is 55.8 Å². The molecule has 0 atom stereocenters. The van der Waals surface area contributed by atoms with Crippen molar-refractivity contribution in [2.75, 3.05) is 44.9 Å². The van der Waals surface area contributed by atoms with Gasteiger partial charge >= 0.3 is 0 Å². The smallest absolute Gasteiger partial charge is 0.280 e. The Morgan fingerprint density at radius 1 is 1.25 bits per heavy atom. The van der Waals surface area contributed by atoms with Crippen molar-refractivity contribution in [3.63, 3.8) is 0 Å². The van der Waals surface area contributed by atoms with Crippen molar-refractivity contribution < 1.29 is 14.3 Å². The Bertz CT molecular complexity index is 955. The van der Waals surface area contributed by atoms with Crippen LogP contribution in [0.2, 0.25) is 0 Å². The predicted molar refractivity (Wildman–Crippen MR) is 109 cm³/mol. The highest BCUT2D eigenvalue weighted by Gasteiger charge is 2.21. The molecule has 3 heterocycles. The first-order valence-electron chi connectivity index (χ1n) is 9.23. The number of amides is 1. The molecule has 3 aromatic rings. The molecule has 1 fully saturated rings. The van der Waals surface area contributed by atoms with Crippen molar-refractivity contribution in [1.82, 2.24) is 15.3 Å². The largest absolute Gasteiger partial charge is 0.494 e. The van der Waals surface area contributed by atoms with E-state index in [-0.39, 0.29) is 5.91 Å². The van der Waals surface area contributed by atoms with E-state index in [4.69, 9.17) is 9.47 Å². The molecule has 1 saturated heterocycles. The lowest BCUT2D eigenvalue weighted by Crippen LogP contribution is -2.36. The summed E-state index contributed by atoms with van der Waals surface area (Å²) >= 11 is 1.41. The number of carbonyl (C=O) groups excluding carboxylic acids is 1. The molecule has 0 aliphatic carbocycles. The number of thiazole rings is 1. The molecule has 1 aliphatic heterocycles. The summed E-state index contributed by atoms with van der Waals surface area (Å²) < 4.78 is 11.9. The van der Waals surface area contributed by atoms with Crippen LogP contribution in [0, 0.1) is 0 Å². The second-order valence-electron chi connectivity index (χ2n) is 6.44. The highest BCUT2D eigenvalue weighted by atomic mass is 32.1. The molecule has 146 valence electrons. The number of rotatable bonds is 6. The lowest BCUT2D eigenvalue weighted by atomic mass is 10.2. The lowest BCUT2D eigenvalue weighted by molar-refractivity contribution is 0.0954. The molecular weight excluding hydrogens is 376 g/mol. The number of nitrogens with zero attached hydrogens (tertiary/aromatic N) is 3. The Labute approximate surface area is 167 Å². The van der Waals surface area contributed by atoms with E-state index in [2.05, 4.69) is 20.2 Å². The van der Waals surface area contributed by atoms with E-state index in [9.17, 15) is 4.79 Å². The van der Waals surface area contributed by atoms with Gasteiger partial charge in [-0.25, -0.2) is 4.98 Å². The van der Waals surface area contributed by atoms with Crippen LogP contribution in [-0.2, 0) is 11.2 Å². The van der Waals surface area contributed by atoms with Crippen molar-refractivity contribution in [3.05, 3.63) is 47.2 Å². The number of ether oxygens (including phenoxy) is 2. The number of pyridine rings is 1. The van der Waals surface area contributed by atoms with E-state index in [1.165, 1.54) is 11.3 Å². The molecule has 7 nitrogen and oxygen atoms in total. The third-order valence-electron chi connectivity index (χ3n) is 4.70. The van der Waals surface area contributed by atoms with Crippen LogP contribution >= 0.6 is 11.3 Å². The van der Waals surface area contributed by atoms with Gasteiger partial charge in [-0.3, -0.25) is 9.78 Å². The van der Waals surface area contributed by atoms with Crippen LogP contribution < -0.4 is 15.0 Å². The number of hydrogen-bond donors (Lipinski definition) is 1. The average molecular weight is 398 g/mol. The third kappa shape index (κ3) is 3.93. The number of methoxy groups -OCH3 is 1. The Morgan fingerprint density at radius 2 is 2.04 bits per heavy atom. The highest BCUT2D eigenvalue weighted by Crippen LogP contribution is 2.37. The number of carbonyl (C=O) groups is 1. The van der Waals surface area contributed by atoms with Gasteiger partial charge in [-0.15, -0.1) is 11.3 Å². The summed E-state index contributed by atoms with van der Waals surface area (Å²) in [5, 5.41) is 3.41. The minimum atomic E-state index is -0.162. The highest BCUT2D eigenvalue weighted by molar-refractivity contribution is 7.21. The topological polar surface area (TPSA) is 76.6 Å². The predicted octanol–water partition coefficient (Wildman–Crippen LogP) is 2.51. The fourth-order valence-corrected chi connectivity index (χ4v) is 4.27. The fourth-order valence-electron chi connectivity index (χ4n) is 3.23. The Morgan fingerprint density at radius 3 is 2.79 bits per heavy atom. The maximum Gasteiger partial charge on any atom is 0.280 e. The van der Waals surface area contributed by atoms with Gasteiger partial charge in [0, 0.05) is 32.0 Å². The summed E-state index contributed by atoms with van der Waals surface area (Å²) in [7, 11) is 1.62. The second kappa shape index (κ2) is 8.53. The number of nitrogens with one attached hydrogen (secondary N) is 1. The number of aromatic nitrogens is 2. The molecule has 8 heteroatoms. The quantitative estimate of drug-likeness (QED) is 0.688. The SMILES string of the molecule is COc1ccc(N2CCOCC2)c2sc(C(=O)NCCc3ccncc3)nc12. The van der Waals surface area contributed by atoms with Gasteiger partial charge < -0.3 is 19.7 Å². The maximum absolute atomic E-state index is 12.6. The minimum absolute atomic E-state index is 0.162. The van der Waals surface area contributed by atoms with Gasteiger partial charge in [0.2, 0.25) is 0 Å². The van der Waals surface area contributed by atoms with Gasteiger partial charge in [0.15, 0.2) is 5.01 Å². The van der Waals surface area contributed by atoms with Crippen molar-refractivity contribution in [3.8, 4) is 5.75 Å². The molecule has 1 aliphatic rings. The van der Waals surface area contributed by atoms with Gasteiger partial charge in [0.25, 0.3) is 5.91 Å². The van der Waals surface area contributed by atoms with E-state index in [1.54, 1.807) is 19.5 Å². The molecule has 1 aromatic carbocycles. The van der Waals surface area contributed by atoms with Crippen LogP contribution in [0.5, 0.6) is 5.75 Å². The second-order valence-corrected chi connectivity index (χ2v) is 7.44. The maximum atomic E-state index is 12.6. The van der Waals surface area contributed by atoms with Gasteiger partial charge in [0.05, 0.1) is 30.7 Å². The molecular formula is C20H22N4O3S. The number of hydrogen-bond acceptors (Lipinski definition) is 7. The van der Waals surface area contributed by atoms with Gasteiger partial charge in [-0.1, -0.05) is 0 Å². The molecule has 0 bridgehead atoms. The monoisotopic (exact) mass is 398 g/mol. The Hall–Kier alpha value is -2.71. The van der Waals surface area contributed by atoms with Gasteiger partial charge in [-0.05, 0) is 36.2 Å². The van der Waals surface area contributed by atoms with Gasteiger partial charge in [-0.2, -0.15) is 0 Å². The molecule has 0 unspecified atom stereocenters. The average Bonchev–Trinajstić information content (AvgIpc) is 3.20. The standard InChI is InChI=1S/C20H22N4O3S/c1-26-16-3-2-15(24-10-12-27-13-11-24)18-17(16)23-20(28-18)19(25)22-9-6-14-4-7-21-8-5-14/h2-5,7-8H,6,9-13H2,1H3,(H,22,25). The van der Waals surface area contributed by atoms with E-state index in [0.29, 0.717) is 30.5 Å². The molecule has 4 rings (SSSR count). The van der Waals surface area contributed by atoms with E-state index >= 15 is 0 Å². The molecule has 0 saturated carbocycles. The van der Waals surface area contributed by atoms with E-state index < -0.39 is 0 Å². The minimum Gasteiger partial charge on any atom is -0.494 e. The van der Waals surface area contributed by atoms with Gasteiger partial charge in [0.1, 0.15) is 11.3 Å². The van der Waals surface area contributed by atoms with Crippen LogP contribution in [0.3, 0.4) is 0 Å². The number of anilines is 1. The van der Waals surface area contributed by atoms with Crippen LogP contribution in [0.15, 0.2) is 36.7 Å². The first-order chi connectivity index (χ1) is 13.8. The third-order valence-corrected chi connectivity index (χ3v) is 5.78. The molecule has 28 heavy (non-hydrogen) atoms. The summed E-state index contributed by atoms with van der Waals surface area (Å²) in [6, 6.07) is 7.85. The summed E-state index contributed by atoms with van der Waals surface area (Å²) in [6.45, 7) is 3.61. The van der Waals surface area contributed by atoms with Crippen LogP contribution in [0.4, 0.5) is 5.69 Å². The number of fused-ring (bicyclic) bond motifs is 1. The van der Waals surface area contributed by atoms with Crippen molar-refractivity contribution in [1.29, 1.82) is 0 Å². The first kappa shape index (κ1) is 18.6. The molecule has 2 aromatic heterocycles. The van der Waals surface area contributed by atoms with Crippen LogP contribution in [0.25, 0.3) is 10.2 Å². The van der Waals surface area contributed by atoms with Crippen LogP contribution in [0.1, 0.15) is 15.4 Å². The van der Waals surface area contributed by atoms with Crippen molar-refractivity contribution >= 4 is 33.1 Å². The Kier molecular flexibility index (Phi) is 5.68. The summed E-state index contributed by atoms with van der Waals surface area (Å²) in [5.41, 5.74) is 2.94. The summed E-state index contributed by atoms with van der Waals surface area (Å²) in [6.07, 6.45) is 4.26. The zero-order valence-corrected chi connectivity index (χ0v) is 16.5. The Balaban J connectivity index is 1.54. The molecule has 0 radical (unpaired) electrons. The summed E-state index contributed by atoms with van der Waals surface area (Å²) in [5.74, 6) is 0.518. The normalized spacial score (nSPS) is 14.2. The lowest BCUT2D eigenvalue weighted by Gasteiger charge is -2.29. The number of benzene rings is 1. The molecule has 0 spiro atoms. The first-order valence-corrected chi connectivity index (χ1v) is 10.1. The van der Waals surface area contributed by atoms with E-state index in [0.717, 1.165) is 41.0 Å². The summed E-state index contributed by atoms with van der Waals surface area (Å²) in [4.78, 5) is 23.5. The fraction of sp³-hybridized carbons (Fsp3) is 0.350. The molecule has 1 N–H and O–H groups in total. The number of morpholine rings is 1. The van der Waals surface area contributed by atoms with Crippen molar-refractivity contribution in [2.45, 2.75) is 6.42 Å².